The first-order valence-corrected chi connectivity index (χ1v) is 8.17. The molecule has 23 heavy (non-hydrogen) atoms. The molecule has 0 aliphatic carbocycles. The summed E-state index contributed by atoms with van der Waals surface area (Å²) in [5, 5.41) is 5.81. The molecule has 1 aromatic carbocycles. The normalized spacial score (nSPS) is 10.8. The zero-order chi connectivity index (χ0) is 16.4. The van der Waals surface area contributed by atoms with Crippen LogP contribution in [0.4, 0.5) is 0 Å². The topological polar surface area (TPSA) is 88.0 Å². The minimum atomic E-state index is -0.446. The van der Waals surface area contributed by atoms with Crippen LogP contribution in [0.25, 0.3) is 21.5 Å². The van der Waals surface area contributed by atoms with Gasteiger partial charge in [0, 0.05) is 29.9 Å². The van der Waals surface area contributed by atoms with E-state index in [1.807, 2.05) is 29.6 Å². The van der Waals surface area contributed by atoms with Crippen molar-refractivity contribution in [2.75, 3.05) is 6.54 Å². The number of nitrogens with one attached hydrogen (secondary N) is 2. The Morgan fingerprint density at radius 2 is 2.13 bits per heavy atom. The summed E-state index contributed by atoms with van der Waals surface area (Å²) in [6.07, 6.45) is 0.676. The van der Waals surface area contributed by atoms with E-state index in [4.69, 9.17) is 5.73 Å². The van der Waals surface area contributed by atoms with Crippen molar-refractivity contribution in [3.63, 3.8) is 0 Å². The van der Waals surface area contributed by atoms with Crippen molar-refractivity contribution in [2.45, 2.75) is 13.3 Å². The molecular formula is C17H17N3O2S. The highest BCUT2D eigenvalue weighted by Crippen LogP contribution is 2.33. The molecule has 0 saturated heterocycles. The van der Waals surface area contributed by atoms with E-state index in [9.17, 15) is 9.59 Å². The molecule has 2 aromatic heterocycles. The van der Waals surface area contributed by atoms with Crippen LogP contribution in [0.3, 0.4) is 0 Å². The second-order valence-corrected chi connectivity index (χ2v) is 6.26. The van der Waals surface area contributed by atoms with Crippen molar-refractivity contribution in [2.24, 2.45) is 5.73 Å². The van der Waals surface area contributed by atoms with Crippen LogP contribution in [-0.2, 0) is 11.2 Å². The van der Waals surface area contributed by atoms with E-state index in [1.165, 1.54) is 6.92 Å². The average Bonchev–Trinajstić information content (AvgIpc) is 3.13. The first-order chi connectivity index (χ1) is 11.1. The second-order valence-electron chi connectivity index (χ2n) is 5.31. The second kappa shape index (κ2) is 6.26. The van der Waals surface area contributed by atoms with Gasteiger partial charge in [-0.05, 0) is 41.6 Å². The molecule has 118 valence electrons. The summed E-state index contributed by atoms with van der Waals surface area (Å²) in [6, 6.07) is 9.45. The van der Waals surface area contributed by atoms with Crippen molar-refractivity contribution in [3.05, 3.63) is 46.8 Å². The average molecular weight is 327 g/mol. The maximum Gasteiger partial charge on any atom is 0.248 e. The lowest BCUT2D eigenvalue weighted by Gasteiger charge is -2.05. The van der Waals surface area contributed by atoms with Gasteiger partial charge in [-0.3, -0.25) is 9.59 Å². The smallest absolute Gasteiger partial charge is 0.248 e. The zero-order valence-electron chi connectivity index (χ0n) is 12.7. The number of thiophene rings is 1. The van der Waals surface area contributed by atoms with Crippen LogP contribution in [0.1, 0.15) is 22.8 Å². The number of hydrogen-bond donors (Lipinski definition) is 3. The van der Waals surface area contributed by atoms with Crippen molar-refractivity contribution in [3.8, 4) is 10.6 Å². The van der Waals surface area contributed by atoms with Gasteiger partial charge >= 0.3 is 0 Å². The summed E-state index contributed by atoms with van der Waals surface area (Å²) in [6.45, 7) is 2.04. The fraction of sp³-hybridized carbons (Fsp3) is 0.176. The number of fused-ring (bicyclic) bond motifs is 1. The molecule has 0 radical (unpaired) electrons. The van der Waals surface area contributed by atoms with Gasteiger partial charge < -0.3 is 16.0 Å². The number of H-pyrrole nitrogens is 1. The number of aromatic amines is 1. The summed E-state index contributed by atoms with van der Waals surface area (Å²) >= 11 is 1.65. The standard InChI is InChI=1S/C17H17N3O2S/c1-10(21)19-7-6-12-13-9-11(17(18)22)4-5-14(13)20-16(12)15-3-2-8-23-15/h2-5,8-9,20H,6-7H2,1H3,(H2,18,22)(H,19,21). The van der Waals surface area contributed by atoms with Crippen LogP contribution in [0, 0.1) is 0 Å². The van der Waals surface area contributed by atoms with Crippen LogP contribution in [-0.4, -0.2) is 23.3 Å². The summed E-state index contributed by atoms with van der Waals surface area (Å²) in [5.41, 5.74) is 8.94. The number of amides is 2. The summed E-state index contributed by atoms with van der Waals surface area (Å²) in [5.74, 6) is -0.501. The van der Waals surface area contributed by atoms with Gasteiger partial charge in [-0.25, -0.2) is 0 Å². The quantitative estimate of drug-likeness (QED) is 0.673. The van der Waals surface area contributed by atoms with E-state index in [-0.39, 0.29) is 5.91 Å². The summed E-state index contributed by atoms with van der Waals surface area (Å²) in [7, 11) is 0. The van der Waals surface area contributed by atoms with Crippen LogP contribution in [0.2, 0.25) is 0 Å². The van der Waals surface area contributed by atoms with Crippen molar-refractivity contribution >= 4 is 34.1 Å². The van der Waals surface area contributed by atoms with Crippen LogP contribution in [0.5, 0.6) is 0 Å². The Hall–Kier alpha value is -2.60. The third-order valence-corrected chi connectivity index (χ3v) is 4.59. The molecule has 0 atom stereocenters. The molecule has 6 heteroatoms. The van der Waals surface area contributed by atoms with Crippen molar-refractivity contribution < 1.29 is 9.59 Å². The molecule has 5 nitrogen and oxygen atoms in total. The van der Waals surface area contributed by atoms with Crippen molar-refractivity contribution in [1.29, 1.82) is 0 Å². The van der Waals surface area contributed by atoms with Gasteiger partial charge in [-0.15, -0.1) is 11.3 Å². The molecule has 0 unspecified atom stereocenters. The SMILES string of the molecule is CC(=O)NCCc1c(-c2cccs2)[nH]c2ccc(C(N)=O)cc12. The Morgan fingerprint density at radius 3 is 2.78 bits per heavy atom. The van der Waals surface area contributed by atoms with E-state index in [0.29, 0.717) is 18.5 Å². The van der Waals surface area contributed by atoms with E-state index >= 15 is 0 Å². The monoisotopic (exact) mass is 327 g/mol. The number of nitrogens with two attached hydrogens (primary N) is 1. The fourth-order valence-corrected chi connectivity index (χ4v) is 3.41. The summed E-state index contributed by atoms with van der Waals surface area (Å²) in [4.78, 5) is 27.1. The van der Waals surface area contributed by atoms with Gasteiger partial charge in [-0.2, -0.15) is 0 Å². The molecule has 4 N–H and O–H groups in total. The Labute approximate surface area is 137 Å². The molecular weight excluding hydrogens is 310 g/mol. The highest BCUT2D eigenvalue weighted by molar-refractivity contribution is 7.13. The van der Waals surface area contributed by atoms with Crippen molar-refractivity contribution in [1.82, 2.24) is 10.3 Å². The third kappa shape index (κ3) is 3.12. The van der Waals surface area contributed by atoms with E-state index in [1.54, 1.807) is 17.4 Å². The Morgan fingerprint density at radius 1 is 1.30 bits per heavy atom. The molecule has 0 fully saturated rings. The molecule has 3 rings (SSSR count). The maximum atomic E-state index is 11.5. The molecule has 0 aliphatic rings. The van der Waals surface area contributed by atoms with Crippen LogP contribution in [0.15, 0.2) is 35.7 Å². The van der Waals surface area contributed by atoms with Crippen LogP contribution < -0.4 is 11.1 Å². The zero-order valence-corrected chi connectivity index (χ0v) is 13.5. The molecule has 0 aliphatic heterocycles. The van der Waals surface area contributed by atoms with Gasteiger partial charge in [0.1, 0.15) is 0 Å². The molecule has 3 aromatic rings. The van der Waals surface area contributed by atoms with Gasteiger partial charge in [0.25, 0.3) is 0 Å². The lowest BCUT2D eigenvalue weighted by molar-refractivity contribution is -0.118. The Balaban J connectivity index is 2.09. The predicted molar refractivity (Wildman–Crippen MR) is 92.5 cm³/mol. The number of carbonyl (C=O) groups is 2. The first-order valence-electron chi connectivity index (χ1n) is 7.29. The van der Waals surface area contributed by atoms with Gasteiger partial charge in [0.2, 0.25) is 11.8 Å². The lowest BCUT2D eigenvalue weighted by Crippen LogP contribution is -2.22. The molecule has 0 spiro atoms. The fourth-order valence-electron chi connectivity index (χ4n) is 2.66. The number of carbonyl (C=O) groups excluding carboxylic acids is 2. The highest BCUT2D eigenvalue weighted by Gasteiger charge is 2.15. The summed E-state index contributed by atoms with van der Waals surface area (Å²) < 4.78 is 0. The highest BCUT2D eigenvalue weighted by atomic mass is 32.1. The molecule has 0 saturated carbocycles. The minimum absolute atomic E-state index is 0.0552. The van der Waals surface area contributed by atoms with Crippen LogP contribution >= 0.6 is 11.3 Å². The lowest BCUT2D eigenvalue weighted by atomic mass is 10.0. The van der Waals surface area contributed by atoms with E-state index in [0.717, 1.165) is 27.0 Å². The number of aromatic nitrogens is 1. The van der Waals surface area contributed by atoms with E-state index < -0.39 is 5.91 Å². The first kappa shape index (κ1) is 15.3. The molecule has 0 bridgehead atoms. The Bertz CT molecular complexity index is 865. The minimum Gasteiger partial charge on any atom is -0.366 e. The van der Waals surface area contributed by atoms with E-state index in [2.05, 4.69) is 10.3 Å². The third-order valence-electron chi connectivity index (χ3n) is 3.71. The van der Waals surface area contributed by atoms with Gasteiger partial charge in [0.15, 0.2) is 0 Å². The molecule has 2 amide bonds. The maximum absolute atomic E-state index is 11.5. The predicted octanol–water partition coefficient (Wildman–Crippen LogP) is 2.67. The number of benzene rings is 1. The van der Waals surface area contributed by atoms with Gasteiger partial charge in [0.05, 0.1) is 10.6 Å². The Kier molecular flexibility index (Phi) is 4.16. The number of rotatable bonds is 5. The number of primary amides is 1. The number of hydrogen-bond acceptors (Lipinski definition) is 3. The van der Waals surface area contributed by atoms with Gasteiger partial charge in [-0.1, -0.05) is 6.07 Å². The largest absolute Gasteiger partial charge is 0.366 e. The molecule has 2 heterocycles.